The molecule has 0 fully saturated rings. The molecule has 109 heavy (non-hydrogen) atoms. The van der Waals surface area contributed by atoms with E-state index in [1.807, 2.05) is 0 Å². The Hall–Kier alpha value is -8.01. The van der Waals surface area contributed by atoms with Gasteiger partial charge in [0.15, 0.2) is 11.9 Å². The quantitative estimate of drug-likeness (QED) is 0.0425. The van der Waals surface area contributed by atoms with Crippen molar-refractivity contribution < 1.29 is 119 Å². The van der Waals surface area contributed by atoms with Crippen LogP contribution in [0.15, 0.2) is 12.3 Å². The number of nitrogens with zero attached hydrogens (tertiary/aromatic N) is 5. The topological polar surface area (TPSA) is 332 Å². The minimum absolute atomic E-state index is 0.0254. The van der Waals surface area contributed by atoms with Gasteiger partial charge in [0.05, 0.1) is 0 Å². The van der Waals surface area contributed by atoms with Gasteiger partial charge in [-0.25, -0.2) is 62.1 Å². The highest BCUT2D eigenvalue weighted by Crippen LogP contribution is 2.31. The Morgan fingerprint density at radius 3 is 0.688 bits per heavy atom. The molecule has 29 nitrogen and oxygen atoms in total. The van der Waals surface area contributed by atoms with Crippen molar-refractivity contribution >= 4 is 72.6 Å². The molecule has 0 spiro atoms. The number of unbranched alkanes of at least 4 members (excludes halogenated alkanes) is 1. The minimum Gasteiger partial charge on any atom is -0.458 e. The Bertz CT molecular complexity index is 3220. The van der Waals surface area contributed by atoms with Crippen LogP contribution >= 0.6 is 0 Å². The third-order valence-corrected chi connectivity index (χ3v) is 13.5. The zero-order valence-corrected chi connectivity index (χ0v) is 72.8. The van der Waals surface area contributed by atoms with Crippen LogP contribution < -0.4 is 4.57 Å². The van der Waals surface area contributed by atoms with Crippen LogP contribution in [0.25, 0.3) is 0 Å². The number of imide groups is 4. The van der Waals surface area contributed by atoms with E-state index in [9.17, 15) is 52.7 Å². The summed E-state index contributed by atoms with van der Waals surface area (Å²) in [6, 6.07) is -5.23. The molecule has 1 rings (SSSR count). The van der Waals surface area contributed by atoms with Gasteiger partial charge in [-0.3, -0.25) is 0 Å². The second-order valence-electron chi connectivity index (χ2n) is 39.0. The van der Waals surface area contributed by atoms with Gasteiger partial charge >= 0.3 is 72.6 Å². The van der Waals surface area contributed by atoms with Gasteiger partial charge in [-0.2, -0.15) is 19.6 Å². The van der Waals surface area contributed by atoms with Gasteiger partial charge in [0.1, 0.15) is 97.9 Å². The first kappa shape index (κ1) is 99.0. The van der Waals surface area contributed by atoms with Crippen LogP contribution in [0, 0.1) is 0 Å². The molecule has 29 heteroatoms. The number of hydrogen-bond donors (Lipinski definition) is 0. The average molecular weight is 1550 g/mol. The highest BCUT2D eigenvalue weighted by molar-refractivity contribution is 5.97. The molecule has 0 N–H and O–H groups in total. The Morgan fingerprint density at radius 2 is 0.468 bits per heavy atom. The van der Waals surface area contributed by atoms with Crippen LogP contribution in [0.1, 0.15) is 311 Å². The molecule has 0 aliphatic heterocycles. The highest BCUT2D eigenvalue weighted by Gasteiger charge is 2.48. The summed E-state index contributed by atoms with van der Waals surface area (Å²) in [5.41, 5.74) is -13.2. The average Bonchev–Trinajstić information content (AvgIpc) is 0.815. The van der Waals surface area contributed by atoms with E-state index in [1.165, 1.54) is 0 Å². The Morgan fingerprint density at radius 1 is 0.266 bits per heavy atom. The number of aromatic nitrogens is 1. The molecule has 0 saturated carbocycles. The molecule has 1 heterocycles. The molecular formula is C80H136N5O24+. The largest absolute Gasteiger partial charge is 0.458 e. The Balaban J connectivity index is 5.23. The third kappa shape index (κ3) is 40.0. The monoisotopic (exact) mass is 1550 g/mol. The van der Waals surface area contributed by atoms with Gasteiger partial charge in [0, 0.05) is 24.0 Å². The predicted molar refractivity (Wildman–Crippen MR) is 406 cm³/mol. The van der Waals surface area contributed by atoms with E-state index in [-0.39, 0.29) is 64.3 Å². The lowest BCUT2D eigenvalue weighted by molar-refractivity contribution is -0.705. The van der Waals surface area contributed by atoms with Crippen LogP contribution in [0.5, 0.6) is 0 Å². The molecule has 0 aromatic carbocycles. The number of hydrogen-bond acceptors (Lipinski definition) is 24. The highest BCUT2D eigenvalue weighted by atomic mass is 16.6. The fourth-order valence-electron chi connectivity index (χ4n) is 10.0. The van der Waals surface area contributed by atoms with Crippen molar-refractivity contribution in [2.24, 2.45) is 0 Å². The number of ether oxygens (including phenoxy) is 12. The van der Waals surface area contributed by atoms with Crippen LogP contribution in [0.4, 0.5) is 38.4 Å². The van der Waals surface area contributed by atoms with Crippen molar-refractivity contribution in [3.63, 3.8) is 0 Å². The summed E-state index contributed by atoms with van der Waals surface area (Å²) in [6.45, 7) is 56.9. The van der Waals surface area contributed by atoms with Crippen LogP contribution in [-0.2, 0) is 102 Å². The SMILES string of the molecule is CC(C)(C)OC(=O)[C@H](CCCC[n+]1cc(CC[C@@H](C(=O)OC(C)(C)C)N(C(=O)OC(C)(C)C)C(=O)OC(C)(C)C)cc(CC[C@@H](C(=O)OC(C)(C)C)N(C(=O)OC(C)(C)C)C(=O)OC(C)(C)C)[13c]1CCC[C@@H](C(=O)OC(C)(C)C)N(C(=O)OC(C)(C)C)C(=O)OC(C)(C)C)N(C(=O)OC(C)(C)C)C(=O)OC(C)(C)C. The van der Waals surface area contributed by atoms with Gasteiger partial charge in [-0.1, -0.05) is 0 Å². The standard InChI is InChI=1S/C80H136N5O24/c1-69(2,3)98-57(86)53(82(61(90)102-73(13,14)15)62(91)103-74(16,17)18)40-37-38-47-81-49-50(43-45-55(59(88)100-71(7,8)9)84(65(94)106-77(25,26)27)66(95)107-78(28,29)30)48-51(44-46-56(60(89)101-72(10,11)12)85(67(96)108-79(31,32)33)68(97)109-80(34,35)36)52(81)41-39-42-54(58(87)99-70(4,5)6)83(63(92)104-75(19,20)21)64(93)105-76(22,23)24/h48-49,53-56H,37-47H2,1-36H3/q+1/t53-,54-,55-,56-/m0/s1/i52+1. The molecule has 0 unspecified atom stereocenters. The fourth-order valence-corrected chi connectivity index (χ4v) is 10.0. The van der Waals surface area contributed by atoms with Crippen molar-refractivity contribution in [1.29, 1.82) is 0 Å². The first-order valence-electron chi connectivity index (χ1n) is 37.4. The third-order valence-electron chi connectivity index (χ3n) is 13.5. The predicted octanol–water partition coefficient (Wildman–Crippen LogP) is 16.9. The van der Waals surface area contributed by atoms with Crippen LogP contribution in [0.3, 0.4) is 0 Å². The van der Waals surface area contributed by atoms with Crippen molar-refractivity contribution in [3.8, 4) is 0 Å². The number of rotatable bonds is 23. The van der Waals surface area contributed by atoms with Gasteiger partial charge < -0.3 is 56.8 Å². The maximum atomic E-state index is 15.0. The minimum atomic E-state index is -1.81. The summed E-state index contributed by atoms with van der Waals surface area (Å²) in [7, 11) is 0. The molecule has 1 aromatic rings. The lowest BCUT2D eigenvalue weighted by atomic mass is 10.0. The van der Waals surface area contributed by atoms with Crippen LogP contribution in [0.2, 0.25) is 0 Å². The Labute approximate surface area is 649 Å². The normalized spacial score (nSPS) is 14.0. The molecule has 0 aliphatic rings. The van der Waals surface area contributed by atoms with Crippen molar-refractivity contribution in [2.45, 2.75) is 411 Å². The van der Waals surface area contributed by atoms with E-state index in [2.05, 4.69) is 0 Å². The van der Waals surface area contributed by atoms with E-state index in [0.29, 0.717) is 36.4 Å². The smallest absolute Gasteiger partial charge is 0.420 e. The molecule has 0 aliphatic carbocycles. The number of amides is 8. The van der Waals surface area contributed by atoms with E-state index < -0.39 is 170 Å². The molecule has 0 saturated heterocycles. The van der Waals surface area contributed by atoms with Crippen molar-refractivity contribution in [2.75, 3.05) is 0 Å². The summed E-state index contributed by atoms with van der Waals surface area (Å²) in [5.74, 6) is -4.03. The first-order valence-corrected chi connectivity index (χ1v) is 37.4. The summed E-state index contributed by atoms with van der Waals surface area (Å²) in [4.78, 5) is 178. The molecule has 4 atom stereocenters. The molecular weight excluding hydrogens is 1420 g/mol. The lowest BCUT2D eigenvalue weighted by Crippen LogP contribution is -2.53. The summed E-state index contributed by atoms with van der Waals surface area (Å²) in [6.07, 6.45) is -9.98. The fraction of sp³-hybridized carbons (Fsp3) is 0.787. The molecule has 624 valence electrons. The maximum Gasteiger partial charge on any atom is 0.420 e. The van der Waals surface area contributed by atoms with E-state index >= 15 is 4.79 Å². The number of esters is 4. The van der Waals surface area contributed by atoms with Gasteiger partial charge in [0.2, 0.25) is 0 Å². The van der Waals surface area contributed by atoms with Crippen molar-refractivity contribution in [1.82, 2.24) is 19.6 Å². The van der Waals surface area contributed by atoms with Crippen molar-refractivity contribution in [3.05, 3.63) is 29.1 Å². The van der Waals surface area contributed by atoms with E-state index in [1.54, 1.807) is 266 Å². The van der Waals surface area contributed by atoms with Gasteiger partial charge in [-0.15, -0.1) is 0 Å². The first-order chi connectivity index (χ1) is 48.5. The van der Waals surface area contributed by atoms with E-state index in [4.69, 9.17) is 56.8 Å². The summed E-state index contributed by atoms with van der Waals surface area (Å²) in [5, 5.41) is 0. The summed E-state index contributed by atoms with van der Waals surface area (Å²) < 4.78 is 71.8. The number of pyridine rings is 1. The molecule has 0 bridgehead atoms. The maximum absolute atomic E-state index is 15.0. The zero-order valence-electron chi connectivity index (χ0n) is 72.8. The zero-order chi connectivity index (χ0) is 85.5. The van der Waals surface area contributed by atoms with Crippen LogP contribution in [-0.4, -0.2) is 184 Å². The number of carbonyl (C=O) groups is 12. The van der Waals surface area contributed by atoms with E-state index in [0.717, 1.165) is 0 Å². The second kappa shape index (κ2) is 37.8. The molecule has 8 amide bonds. The van der Waals surface area contributed by atoms with Gasteiger partial charge in [0.25, 0.3) is 0 Å². The second-order valence-corrected chi connectivity index (χ2v) is 39.0. The summed E-state index contributed by atoms with van der Waals surface area (Å²) >= 11 is 0. The molecule has 1 aromatic heterocycles. The molecule has 0 radical (unpaired) electrons. The van der Waals surface area contributed by atoms with Gasteiger partial charge in [-0.05, 0) is 307 Å². The number of aryl methyl sites for hydroxylation is 3. The number of carbonyl (C=O) groups excluding carboxylic acids is 12. The lowest BCUT2D eigenvalue weighted by Gasteiger charge is -2.34. The Kier molecular flexibility index (Phi) is 34.3.